The third-order valence-electron chi connectivity index (χ3n) is 4.47. The molecule has 0 aromatic heterocycles. The van der Waals surface area contributed by atoms with E-state index in [9.17, 15) is 0 Å². The number of hydrogen-bond donors (Lipinski definition) is 1. The second-order valence-corrected chi connectivity index (χ2v) is 5.72. The van der Waals surface area contributed by atoms with Crippen LogP contribution in [-0.2, 0) is 0 Å². The highest BCUT2D eigenvalue weighted by Gasteiger charge is 2.19. The quantitative estimate of drug-likeness (QED) is 0.793. The van der Waals surface area contributed by atoms with E-state index in [-0.39, 0.29) is 0 Å². The van der Waals surface area contributed by atoms with Gasteiger partial charge in [0.25, 0.3) is 0 Å². The third-order valence-corrected chi connectivity index (χ3v) is 4.47. The van der Waals surface area contributed by atoms with Gasteiger partial charge in [-0.3, -0.25) is 0 Å². The fourth-order valence-electron chi connectivity index (χ4n) is 3.19. The van der Waals surface area contributed by atoms with Crippen molar-refractivity contribution < 1.29 is 0 Å². The molecule has 2 heterocycles. The molecule has 1 N–H and O–H groups in total. The average Bonchev–Trinajstić information content (AvgIpc) is 2.53. The smallest absolute Gasteiger partial charge is 0.00669 e. The topological polar surface area (TPSA) is 15.3 Å². The van der Waals surface area contributed by atoms with Gasteiger partial charge < -0.3 is 10.2 Å². The Morgan fingerprint density at radius 3 is 2.69 bits per heavy atom. The number of nitrogens with one attached hydrogen (secondary N) is 1. The summed E-state index contributed by atoms with van der Waals surface area (Å²) < 4.78 is 0. The lowest BCUT2D eigenvalue weighted by molar-refractivity contribution is 0.189. The van der Waals surface area contributed by atoms with Gasteiger partial charge in [0.2, 0.25) is 0 Å². The molecule has 0 amide bonds. The van der Waals surface area contributed by atoms with E-state index in [1.165, 1.54) is 71.1 Å². The lowest BCUT2D eigenvalue weighted by Crippen LogP contribution is -2.36. The van der Waals surface area contributed by atoms with Crippen LogP contribution in [0, 0.1) is 5.92 Å². The Morgan fingerprint density at radius 1 is 1.06 bits per heavy atom. The van der Waals surface area contributed by atoms with Gasteiger partial charge in [0.1, 0.15) is 0 Å². The summed E-state index contributed by atoms with van der Waals surface area (Å²) in [5, 5.41) is 3.46. The summed E-state index contributed by atoms with van der Waals surface area (Å²) in [6, 6.07) is 0.837. The molecular weight excluding hydrogens is 196 g/mol. The molecule has 0 aromatic carbocycles. The van der Waals surface area contributed by atoms with Crippen LogP contribution in [0.4, 0.5) is 0 Å². The lowest BCUT2D eigenvalue weighted by atomic mass is 9.94. The first kappa shape index (κ1) is 12.4. The molecule has 1 unspecified atom stereocenters. The Kier molecular flexibility index (Phi) is 5.11. The van der Waals surface area contributed by atoms with E-state index >= 15 is 0 Å². The summed E-state index contributed by atoms with van der Waals surface area (Å²) in [5.74, 6) is 0.997. The fraction of sp³-hybridized carbons (Fsp3) is 1.00. The summed E-state index contributed by atoms with van der Waals surface area (Å²) in [6.07, 6.45) is 10.00. The summed E-state index contributed by atoms with van der Waals surface area (Å²) >= 11 is 0. The second-order valence-electron chi connectivity index (χ2n) is 5.72. The standard InChI is InChI=1S/C14H28N2/c1-13-5-3-2-4-11-16(13)12-8-14-6-9-15-10-7-14/h13-15H,2-12H2,1H3. The van der Waals surface area contributed by atoms with Gasteiger partial charge in [-0.2, -0.15) is 0 Å². The van der Waals surface area contributed by atoms with Crippen LogP contribution in [0.1, 0.15) is 51.9 Å². The van der Waals surface area contributed by atoms with E-state index in [4.69, 9.17) is 0 Å². The zero-order valence-corrected chi connectivity index (χ0v) is 10.9. The van der Waals surface area contributed by atoms with Gasteiger partial charge in [0.15, 0.2) is 0 Å². The van der Waals surface area contributed by atoms with Crippen molar-refractivity contribution in [3.8, 4) is 0 Å². The van der Waals surface area contributed by atoms with Crippen molar-refractivity contribution in [3.05, 3.63) is 0 Å². The molecule has 2 saturated heterocycles. The Morgan fingerprint density at radius 2 is 1.88 bits per heavy atom. The summed E-state index contributed by atoms with van der Waals surface area (Å²) in [5.41, 5.74) is 0. The van der Waals surface area contributed by atoms with Gasteiger partial charge in [-0.05, 0) is 71.1 Å². The van der Waals surface area contributed by atoms with Crippen molar-refractivity contribution in [3.63, 3.8) is 0 Å². The second kappa shape index (κ2) is 6.61. The minimum Gasteiger partial charge on any atom is -0.317 e. The van der Waals surface area contributed by atoms with E-state index in [1.54, 1.807) is 0 Å². The number of likely N-dealkylation sites (tertiary alicyclic amines) is 1. The third kappa shape index (κ3) is 3.74. The molecular formula is C14H28N2. The molecule has 1 atom stereocenters. The van der Waals surface area contributed by atoms with E-state index in [1.807, 2.05) is 0 Å². The molecule has 0 aliphatic carbocycles. The number of piperidine rings is 1. The fourth-order valence-corrected chi connectivity index (χ4v) is 3.19. The zero-order valence-electron chi connectivity index (χ0n) is 10.9. The van der Waals surface area contributed by atoms with Crippen LogP contribution >= 0.6 is 0 Å². The van der Waals surface area contributed by atoms with Gasteiger partial charge in [0, 0.05) is 6.04 Å². The van der Waals surface area contributed by atoms with Crippen molar-refractivity contribution in [2.75, 3.05) is 26.2 Å². The average molecular weight is 224 g/mol. The van der Waals surface area contributed by atoms with E-state index in [2.05, 4.69) is 17.1 Å². The zero-order chi connectivity index (χ0) is 11.2. The Hall–Kier alpha value is -0.0800. The van der Waals surface area contributed by atoms with Crippen molar-refractivity contribution in [2.24, 2.45) is 5.92 Å². The minimum atomic E-state index is 0.837. The highest BCUT2D eigenvalue weighted by Crippen LogP contribution is 2.20. The molecule has 2 aliphatic heterocycles. The number of nitrogens with zero attached hydrogens (tertiary/aromatic N) is 1. The maximum Gasteiger partial charge on any atom is 0.00669 e. The van der Waals surface area contributed by atoms with Crippen LogP contribution < -0.4 is 5.32 Å². The van der Waals surface area contributed by atoms with Crippen molar-refractivity contribution in [1.29, 1.82) is 0 Å². The molecule has 2 fully saturated rings. The van der Waals surface area contributed by atoms with E-state index < -0.39 is 0 Å². The Labute approximate surface area is 101 Å². The molecule has 0 saturated carbocycles. The first-order valence-corrected chi connectivity index (χ1v) is 7.31. The van der Waals surface area contributed by atoms with Crippen LogP contribution in [0.2, 0.25) is 0 Å². The highest BCUT2D eigenvalue weighted by molar-refractivity contribution is 4.75. The minimum absolute atomic E-state index is 0.837. The van der Waals surface area contributed by atoms with Crippen LogP contribution in [0.3, 0.4) is 0 Å². The van der Waals surface area contributed by atoms with Crippen LogP contribution in [0.15, 0.2) is 0 Å². The molecule has 0 bridgehead atoms. The SMILES string of the molecule is CC1CCCCCN1CCC1CCNCC1. The van der Waals surface area contributed by atoms with Crippen molar-refractivity contribution in [1.82, 2.24) is 10.2 Å². The van der Waals surface area contributed by atoms with Gasteiger partial charge in [-0.1, -0.05) is 12.8 Å². The molecule has 94 valence electrons. The van der Waals surface area contributed by atoms with Crippen LogP contribution in [0.25, 0.3) is 0 Å². The van der Waals surface area contributed by atoms with Gasteiger partial charge in [0.05, 0.1) is 0 Å². The Bertz CT molecular complexity index is 187. The predicted molar refractivity (Wildman–Crippen MR) is 69.7 cm³/mol. The first-order valence-electron chi connectivity index (χ1n) is 7.31. The maximum absolute atomic E-state index is 3.46. The van der Waals surface area contributed by atoms with Gasteiger partial charge in [-0.15, -0.1) is 0 Å². The summed E-state index contributed by atoms with van der Waals surface area (Å²) in [6.45, 7) is 7.63. The number of rotatable bonds is 3. The molecule has 2 nitrogen and oxygen atoms in total. The normalized spacial score (nSPS) is 30.2. The van der Waals surface area contributed by atoms with Crippen LogP contribution in [0.5, 0.6) is 0 Å². The maximum atomic E-state index is 3.46. The first-order chi connectivity index (χ1) is 7.86. The van der Waals surface area contributed by atoms with E-state index in [0.29, 0.717) is 0 Å². The molecule has 16 heavy (non-hydrogen) atoms. The van der Waals surface area contributed by atoms with Crippen molar-refractivity contribution in [2.45, 2.75) is 57.9 Å². The number of hydrogen-bond acceptors (Lipinski definition) is 2. The molecule has 0 radical (unpaired) electrons. The monoisotopic (exact) mass is 224 g/mol. The van der Waals surface area contributed by atoms with Crippen LogP contribution in [-0.4, -0.2) is 37.1 Å². The van der Waals surface area contributed by atoms with Gasteiger partial charge in [-0.25, -0.2) is 0 Å². The lowest BCUT2D eigenvalue weighted by Gasteiger charge is -2.30. The van der Waals surface area contributed by atoms with Crippen molar-refractivity contribution >= 4 is 0 Å². The Balaban J connectivity index is 1.70. The molecule has 2 rings (SSSR count). The highest BCUT2D eigenvalue weighted by atomic mass is 15.1. The molecule has 0 aromatic rings. The molecule has 2 heteroatoms. The largest absolute Gasteiger partial charge is 0.317 e. The summed E-state index contributed by atoms with van der Waals surface area (Å²) in [4.78, 5) is 2.75. The molecule has 2 aliphatic rings. The summed E-state index contributed by atoms with van der Waals surface area (Å²) in [7, 11) is 0. The van der Waals surface area contributed by atoms with E-state index in [0.717, 1.165) is 12.0 Å². The predicted octanol–water partition coefficient (Wildman–Crippen LogP) is 2.64. The van der Waals surface area contributed by atoms with Gasteiger partial charge >= 0.3 is 0 Å². The molecule has 0 spiro atoms.